The summed E-state index contributed by atoms with van der Waals surface area (Å²) in [5.41, 5.74) is 3.63. The molecule has 0 aliphatic heterocycles. The first-order valence-corrected chi connectivity index (χ1v) is 10.2. The molecule has 3 aromatic heterocycles. The number of rotatable bonds is 5. The number of aryl methyl sites for hydroxylation is 1. The Morgan fingerprint density at radius 3 is 2.67 bits per heavy atom. The Bertz CT molecular complexity index is 1230. The second-order valence-corrected chi connectivity index (χ2v) is 8.07. The maximum Gasteiger partial charge on any atom is 0.257 e. The Kier molecular flexibility index (Phi) is 4.34. The number of anilines is 1. The highest BCUT2D eigenvalue weighted by molar-refractivity contribution is 6.06. The molecule has 8 nitrogen and oxygen atoms in total. The number of carbonyl (C=O) groups excluding carboxylic acids is 1. The van der Waals surface area contributed by atoms with Gasteiger partial charge in [-0.05, 0) is 63.9 Å². The SMILES string of the molecule is Cc1nc2c(cnn2C(C)C)cc1C(=O)Nc1ccc(-c2n[nH]c(C3CC3)n2)cc1. The maximum atomic E-state index is 12.9. The first-order chi connectivity index (χ1) is 14.5. The van der Waals surface area contributed by atoms with Crippen LogP contribution in [0.5, 0.6) is 0 Å². The van der Waals surface area contributed by atoms with E-state index in [4.69, 9.17) is 0 Å². The van der Waals surface area contributed by atoms with Gasteiger partial charge in [-0.1, -0.05) is 0 Å². The Morgan fingerprint density at radius 2 is 1.97 bits per heavy atom. The fraction of sp³-hybridized carbons (Fsp3) is 0.318. The van der Waals surface area contributed by atoms with Crippen molar-refractivity contribution in [3.8, 4) is 11.4 Å². The molecule has 8 heteroatoms. The van der Waals surface area contributed by atoms with Crippen molar-refractivity contribution in [2.75, 3.05) is 5.32 Å². The van der Waals surface area contributed by atoms with Crippen LogP contribution >= 0.6 is 0 Å². The van der Waals surface area contributed by atoms with Crippen LogP contribution in [-0.2, 0) is 0 Å². The lowest BCUT2D eigenvalue weighted by atomic mass is 10.1. The molecule has 4 aromatic rings. The minimum atomic E-state index is -0.194. The van der Waals surface area contributed by atoms with E-state index in [1.54, 1.807) is 6.20 Å². The first-order valence-electron chi connectivity index (χ1n) is 10.2. The van der Waals surface area contributed by atoms with E-state index in [-0.39, 0.29) is 11.9 Å². The van der Waals surface area contributed by atoms with Crippen LogP contribution in [0.4, 0.5) is 5.69 Å². The smallest absolute Gasteiger partial charge is 0.257 e. The third-order valence-electron chi connectivity index (χ3n) is 5.36. The molecule has 0 unspecified atom stereocenters. The fourth-order valence-electron chi connectivity index (χ4n) is 3.52. The number of carbonyl (C=O) groups is 1. The highest BCUT2D eigenvalue weighted by Crippen LogP contribution is 2.38. The number of aromatic nitrogens is 6. The van der Waals surface area contributed by atoms with Crippen LogP contribution in [0.2, 0.25) is 0 Å². The zero-order valence-electron chi connectivity index (χ0n) is 17.2. The molecule has 1 aliphatic carbocycles. The number of nitrogens with one attached hydrogen (secondary N) is 2. The molecule has 1 amide bonds. The van der Waals surface area contributed by atoms with Crippen LogP contribution < -0.4 is 5.32 Å². The molecule has 30 heavy (non-hydrogen) atoms. The molecule has 2 N–H and O–H groups in total. The van der Waals surface area contributed by atoms with Crippen molar-refractivity contribution in [1.29, 1.82) is 0 Å². The summed E-state index contributed by atoms with van der Waals surface area (Å²) in [4.78, 5) is 22.0. The summed E-state index contributed by atoms with van der Waals surface area (Å²) >= 11 is 0. The number of benzene rings is 1. The van der Waals surface area contributed by atoms with Gasteiger partial charge in [0.1, 0.15) is 5.82 Å². The third kappa shape index (κ3) is 3.34. The molecule has 0 atom stereocenters. The van der Waals surface area contributed by atoms with E-state index < -0.39 is 0 Å². The fourth-order valence-corrected chi connectivity index (χ4v) is 3.52. The Balaban J connectivity index is 1.35. The molecule has 152 valence electrons. The van der Waals surface area contributed by atoms with E-state index >= 15 is 0 Å². The highest BCUT2D eigenvalue weighted by Gasteiger charge is 2.27. The Labute approximate surface area is 173 Å². The molecule has 5 rings (SSSR count). The highest BCUT2D eigenvalue weighted by atomic mass is 16.1. The van der Waals surface area contributed by atoms with E-state index in [0.29, 0.717) is 28.7 Å². The van der Waals surface area contributed by atoms with Crippen molar-refractivity contribution >= 4 is 22.6 Å². The standard InChI is InChI=1S/C22H23N7O/c1-12(2)29-21-16(11-23-29)10-18(13(3)24-21)22(30)25-17-8-6-15(7-9-17)20-26-19(27-28-20)14-4-5-14/h6-12,14H,4-5H2,1-3H3,(H,25,30)(H,26,27,28). The third-order valence-corrected chi connectivity index (χ3v) is 5.36. The normalized spacial score (nSPS) is 13.9. The number of nitrogens with zero attached hydrogens (tertiary/aromatic N) is 5. The number of pyridine rings is 1. The Morgan fingerprint density at radius 1 is 1.20 bits per heavy atom. The van der Waals surface area contributed by atoms with Gasteiger partial charge in [0.05, 0.1) is 17.5 Å². The van der Waals surface area contributed by atoms with Gasteiger partial charge in [0.15, 0.2) is 11.5 Å². The van der Waals surface area contributed by atoms with Crippen molar-refractivity contribution in [2.45, 2.75) is 45.6 Å². The van der Waals surface area contributed by atoms with Crippen molar-refractivity contribution in [3.63, 3.8) is 0 Å². The van der Waals surface area contributed by atoms with Gasteiger partial charge >= 0.3 is 0 Å². The number of fused-ring (bicyclic) bond motifs is 1. The molecular formula is C22H23N7O. The molecule has 1 aliphatic rings. The minimum Gasteiger partial charge on any atom is -0.322 e. The maximum absolute atomic E-state index is 12.9. The topological polar surface area (TPSA) is 101 Å². The van der Waals surface area contributed by atoms with Gasteiger partial charge < -0.3 is 5.32 Å². The molecule has 1 fully saturated rings. The molecular weight excluding hydrogens is 378 g/mol. The average molecular weight is 401 g/mol. The van der Waals surface area contributed by atoms with Crippen molar-refractivity contribution in [1.82, 2.24) is 29.9 Å². The molecule has 0 bridgehead atoms. The summed E-state index contributed by atoms with van der Waals surface area (Å²) in [6, 6.07) is 9.60. The van der Waals surface area contributed by atoms with Gasteiger partial charge in [-0.2, -0.15) is 10.2 Å². The molecule has 1 saturated carbocycles. The number of H-pyrrole nitrogens is 1. The van der Waals surface area contributed by atoms with Gasteiger partial charge in [0.2, 0.25) is 0 Å². The summed E-state index contributed by atoms with van der Waals surface area (Å²) in [5, 5.41) is 15.5. The van der Waals surface area contributed by atoms with Crippen molar-refractivity contribution in [2.24, 2.45) is 0 Å². The molecule has 0 radical (unpaired) electrons. The summed E-state index contributed by atoms with van der Waals surface area (Å²) in [7, 11) is 0. The van der Waals surface area contributed by atoms with Crippen LogP contribution in [0.25, 0.3) is 22.4 Å². The molecule has 0 spiro atoms. The van der Waals surface area contributed by atoms with Gasteiger partial charge in [-0.25, -0.2) is 14.6 Å². The largest absolute Gasteiger partial charge is 0.322 e. The molecule has 3 heterocycles. The predicted molar refractivity (Wildman–Crippen MR) is 114 cm³/mol. The van der Waals surface area contributed by atoms with E-state index in [1.807, 2.05) is 41.9 Å². The van der Waals surface area contributed by atoms with Gasteiger partial charge in [0, 0.05) is 28.6 Å². The average Bonchev–Trinajstić information content (AvgIpc) is 3.31. The summed E-state index contributed by atoms with van der Waals surface area (Å²) in [6.45, 7) is 5.95. The number of aromatic amines is 1. The summed E-state index contributed by atoms with van der Waals surface area (Å²) in [6.07, 6.45) is 4.11. The van der Waals surface area contributed by atoms with Crippen LogP contribution in [-0.4, -0.2) is 35.9 Å². The van der Waals surface area contributed by atoms with Crippen LogP contribution in [0.15, 0.2) is 36.5 Å². The number of amides is 1. The summed E-state index contributed by atoms with van der Waals surface area (Å²) < 4.78 is 1.86. The van der Waals surface area contributed by atoms with E-state index in [9.17, 15) is 4.79 Å². The zero-order chi connectivity index (χ0) is 20.8. The van der Waals surface area contributed by atoms with Crippen molar-refractivity contribution < 1.29 is 4.79 Å². The molecule has 0 saturated heterocycles. The lowest BCUT2D eigenvalue weighted by Gasteiger charge is -2.10. The monoisotopic (exact) mass is 401 g/mol. The molecule has 1 aromatic carbocycles. The van der Waals surface area contributed by atoms with E-state index in [0.717, 1.165) is 22.4 Å². The zero-order valence-corrected chi connectivity index (χ0v) is 17.2. The minimum absolute atomic E-state index is 0.194. The van der Waals surface area contributed by atoms with Crippen LogP contribution in [0, 0.1) is 6.92 Å². The first kappa shape index (κ1) is 18.5. The van der Waals surface area contributed by atoms with Gasteiger partial charge in [0.25, 0.3) is 5.91 Å². The van der Waals surface area contributed by atoms with Gasteiger partial charge in [-0.3, -0.25) is 9.89 Å². The van der Waals surface area contributed by atoms with Gasteiger partial charge in [-0.15, -0.1) is 0 Å². The predicted octanol–water partition coefficient (Wildman–Crippen LogP) is 4.24. The van der Waals surface area contributed by atoms with Crippen LogP contribution in [0.3, 0.4) is 0 Å². The van der Waals surface area contributed by atoms with Crippen LogP contribution in [0.1, 0.15) is 60.5 Å². The quantitative estimate of drug-likeness (QED) is 0.521. The second-order valence-electron chi connectivity index (χ2n) is 8.07. The van der Waals surface area contributed by atoms with Crippen molar-refractivity contribution in [3.05, 3.63) is 53.6 Å². The lowest BCUT2D eigenvalue weighted by molar-refractivity contribution is 0.102. The van der Waals surface area contributed by atoms with E-state index in [2.05, 4.69) is 44.4 Å². The Hall–Kier alpha value is -3.55. The summed E-state index contributed by atoms with van der Waals surface area (Å²) in [5.74, 6) is 1.98. The lowest BCUT2D eigenvalue weighted by Crippen LogP contribution is -2.14. The second kappa shape index (κ2) is 7.05. The number of hydrogen-bond donors (Lipinski definition) is 2. The number of hydrogen-bond acceptors (Lipinski definition) is 5. The van der Waals surface area contributed by atoms with E-state index in [1.165, 1.54) is 12.8 Å².